The highest BCUT2D eigenvalue weighted by molar-refractivity contribution is 6.05. The van der Waals surface area contributed by atoms with Gasteiger partial charge in [0, 0.05) is 0 Å². The van der Waals surface area contributed by atoms with E-state index < -0.39 is 18.1 Å². The van der Waals surface area contributed by atoms with Gasteiger partial charge in [0.2, 0.25) is 5.96 Å². The lowest BCUT2D eigenvalue weighted by molar-refractivity contribution is -0.121. The first-order valence-corrected chi connectivity index (χ1v) is 7.48. The van der Waals surface area contributed by atoms with E-state index in [-0.39, 0.29) is 18.4 Å². The van der Waals surface area contributed by atoms with Gasteiger partial charge in [-0.05, 0) is 29.8 Å². The first kappa shape index (κ1) is 16.4. The lowest BCUT2D eigenvalue weighted by atomic mass is 10.1. The number of nitrogens with one attached hydrogen (secondary N) is 3. The Labute approximate surface area is 142 Å². The molecule has 3 N–H and O–H groups in total. The van der Waals surface area contributed by atoms with E-state index in [0.717, 1.165) is 0 Å². The number of benzene rings is 2. The van der Waals surface area contributed by atoms with Crippen LogP contribution in [0.1, 0.15) is 11.7 Å². The summed E-state index contributed by atoms with van der Waals surface area (Å²) in [5.74, 6) is -0.305. The third-order valence-electron chi connectivity index (χ3n) is 3.31. The van der Waals surface area contributed by atoms with Crippen LogP contribution >= 0.6 is 0 Å². The molecule has 128 valence electrons. The number of guanidine groups is 1. The number of aliphatic imine (C=N–C) groups is 1. The van der Waals surface area contributed by atoms with E-state index >= 15 is 0 Å². The quantitative estimate of drug-likeness (QED) is 0.789. The molecule has 3 rings (SSSR count). The van der Waals surface area contributed by atoms with Gasteiger partial charge in [0.15, 0.2) is 12.8 Å². The van der Waals surface area contributed by atoms with Gasteiger partial charge in [-0.1, -0.05) is 30.3 Å². The van der Waals surface area contributed by atoms with E-state index in [4.69, 9.17) is 4.74 Å². The molecule has 2 aromatic rings. The van der Waals surface area contributed by atoms with Crippen LogP contribution in [-0.2, 0) is 4.79 Å². The normalized spacial score (nSPS) is 16.3. The predicted molar refractivity (Wildman–Crippen MR) is 88.3 cm³/mol. The highest BCUT2D eigenvalue weighted by atomic mass is 19.1. The van der Waals surface area contributed by atoms with Gasteiger partial charge in [-0.25, -0.2) is 14.2 Å². The smallest absolute Gasteiger partial charge is 0.323 e. The topological polar surface area (TPSA) is 91.8 Å². The van der Waals surface area contributed by atoms with E-state index in [1.807, 2.05) is 6.07 Å². The average Bonchev–Trinajstić information content (AvgIpc) is 2.61. The third-order valence-corrected chi connectivity index (χ3v) is 3.31. The number of hydrogen-bond acceptors (Lipinski definition) is 4. The number of hydrogen-bond donors (Lipinski definition) is 3. The number of halogens is 1. The highest BCUT2D eigenvalue weighted by Gasteiger charge is 2.22. The summed E-state index contributed by atoms with van der Waals surface area (Å²) in [4.78, 5) is 27.9. The second-order valence-electron chi connectivity index (χ2n) is 5.18. The number of para-hydroxylation sites is 1. The van der Waals surface area contributed by atoms with Crippen LogP contribution in [0.25, 0.3) is 0 Å². The molecule has 0 saturated heterocycles. The summed E-state index contributed by atoms with van der Waals surface area (Å²) in [7, 11) is 0. The van der Waals surface area contributed by atoms with Crippen molar-refractivity contribution < 1.29 is 18.7 Å². The number of nitrogens with zero attached hydrogens (tertiary/aromatic N) is 1. The van der Waals surface area contributed by atoms with Crippen LogP contribution in [0.15, 0.2) is 59.6 Å². The molecule has 2 aromatic carbocycles. The molecule has 25 heavy (non-hydrogen) atoms. The monoisotopic (exact) mass is 342 g/mol. The Hall–Kier alpha value is -3.42. The zero-order valence-electron chi connectivity index (χ0n) is 13.0. The number of amides is 3. The van der Waals surface area contributed by atoms with Gasteiger partial charge in [-0.2, -0.15) is 0 Å². The minimum Gasteiger partial charge on any atom is -0.484 e. The van der Waals surface area contributed by atoms with E-state index in [9.17, 15) is 14.0 Å². The summed E-state index contributed by atoms with van der Waals surface area (Å²) in [5, 5.41) is 7.44. The second kappa shape index (κ2) is 7.43. The summed E-state index contributed by atoms with van der Waals surface area (Å²) in [6.07, 6.45) is -0.723. The van der Waals surface area contributed by atoms with Crippen molar-refractivity contribution in [1.29, 1.82) is 0 Å². The molecule has 1 atom stereocenters. The minimum atomic E-state index is -0.723. The molecule has 0 aliphatic carbocycles. The second-order valence-corrected chi connectivity index (χ2v) is 5.18. The Morgan fingerprint density at radius 1 is 1.16 bits per heavy atom. The number of carbonyl (C=O) groups is 2. The van der Waals surface area contributed by atoms with Gasteiger partial charge in [0.05, 0.1) is 0 Å². The molecule has 3 amide bonds. The summed E-state index contributed by atoms with van der Waals surface area (Å²) in [6, 6.07) is 13.9. The first-order valence-electron chi connectivity index (χ1n) is 7.48. The van der Waals surface area contributed by atoms with E-state index in [2.05, 4.69) is 20.9 Å². The van der Waals surface area contributed by atoms with Gasteiger partial charge >= 0.3 is 6.03 Å². The van der Waals surface area contributed by atoms with Gasteiger partial charge in [0.1, 0.15) is 11.6 Å². The summed E-state index contributed by atoms with van der Waals surface area (Å²) in [5.41, 5.74) is 0.587. The molecule has 0 aromatic heterocycles. The SMILES string of the molecule is O=C(COc1ccccc1)NC1=NC(c2ccc(F)cc2)NC(=O)N1. The van der Waals surface area contributed by atoms with Gasteiger partial charge in [-0.3, -0.25) is 15.4 Å². The van der Waals surface area contributed by atoms with E-state index in [1.165, 1.54) is 24.3 Å². The van der Waals surface area contributed by atoms with Crippen molar-refractivity contribution in [3.63, 3.8) is 0 Å². The Morgan fingerprint density at radius 2 is 1.88 bits per heavy atom. The third kappa shape index (κ3) is 4.54. The molecule has 7 nitrogen and oxygen atoms in total. The van der Waals surface area contributed by atoms with Crippen LogP contribution < -0.4 is 20.7 Å². The largest absolute Gasteiger partial charge is 0.484 e. The maximum atomic E-state index is 13.0. The van der Waals surface area contributed by atoms with Gasteiger partial charge in [-0.15, -0.1) is 0 Å². The lowest BCUT2D eigenvalue weighted by Gasteiger charge is -2.23. The zero-order valence-corrected chi connectivity index (χ0v) is 13.0. The summed E-state index contributed by atoms with van der Waals surface area (Å²) < 4.78 is 18.3. The fraction of sp³-hybridized carbons (Fsp3) is 0.118. The maximum Gasteiger partial charge on any atom is 0.323 e. The van der Waals surface area contributed by atoms with Crippen molar-refractivity contribution >= 4 is 17.9 Å². The van der Waals surface area contributed by atoms with E-state index in [1.54, 1.807) is 24.3 Å². The van der Waals surface area contributed by atoms with Crippen LogP contribution in [0.3, 0.4) is 0 Å². The standard InChI is InChI=1S/C17H15FN4O3/c18-12-8-6-11(7-9-12)15-20-16(22-17(24)21-15)19-14(23)10-25-13-4-2-1-3-5-13/h1-9,15H,10H2,(H3,19,20,21,22,23,24). The predicted octanol–water partition coefficient (Wildman–Crippen LogP) is 1.69. The molecular weight excluding hydrogens is 327 g/mol. The maximum absolute atomic E-state index is 13.0. The zero-order chi connectivity index (χ0) is 17.6. The molecule has 1 unspecified atom stereocenters. The summed E-state index contributed by atoms with van der Waals surface area (Å²) >= 11 is 0. The van der Waals surface area contributed by atoms with E-state index in [0.29, 0.717) is 11.3 Å². The Morgan fingerprint density at radius 3 is 2.60 bits per heavy atom. The fourth-order valence-electron chi connectivity index (χ4n) is 2.16. The van der Waals surface area contributed by atoms with Crippen molar-refractivity contribution in [2.24, 2.45) is 4.99 Å². The fourth-order valence-corrected chi connectivity index (χ4v) is 2.16. The van der Waals surface area contributed by atoms with Crippen molar-refractivity contribution in [2.75, 3.05) is 6.61 Å². The molecule has 1 aliphatic heterocycles. The van der Waals surface area contributed by atoms with Gasteiger partial charge < -0.3 is 10.1 Å². The molecule has 0 saturated carbocycles. The lowest BCUT2D eigenvalue weighted by Crippen LogP contribution is -2.53. The Balaban J connectivity index is 1.63. The number of rotatable bonds is 4. The molecule has 0 radical (unpaired) electrons. The molecule has 0 bridgehead atoms. The van der Waals surface area contributed by atoms with Gasteiger partial charge in [0.25, 0.3) is 5.91 Å². The van der Waals surface area contributed by atoms with Crippen LogP contribution in [0, 0.1) is 5.82 Å². The van der Waals surface area contributed by atoms with Crippen LogP contribution in [0.5, 0.6) is 5.75 Å². The number of urea groups is 1. The Kier molecular flexibility index (Phi) is 4.89. The molecule has 0 spiro atoms. The summed E-state index contributed by atoms with van der Waals surface area (Å²) in [6.45, 7) is -0.229. The van der Waals surface area contributed by atoms with Crippen molar-refractivity contribution in [3.8, 4) is 5.75 Å². The van der Waals surface area contributed by atoms with Crippen molar-refractivity contribution in [3.05, 3.63) is 66.0 Å². The molecule has 1 heterocycles. The Bertz CT molecular complexity index is 793. The van der Waals surface area contributed by atoms with Crippen LogP contribution in [0.4, 0.5) is 9.18 Å². The first-order chi connectivity index (χ1) is 12.1. The van der Waals surface area contributed by atoms with Crippen LogP contribution in [0.2, 0.25) is 0 Å². The van der Waals surface area contributed by atoms with Crippen molar-refractivity contribution in [1.82, 2.24) is 16.0 Å². The molecule has 1 aliphatic rings. The minimum absolute atomic E-state index is 0.000244. The molecule has 8 heteroatoms. The molecular formula is C17H15FN4O3. The van der Waals surface area contributed by atoms with Crippen molar-refractivity contribution in [2.45, 2.75) is 6.17 Å². The molecule has 0 fully saturated rings. The number of carbonyl (C=O) groups excluding carboxylic acids is 2. The van der Waals surface area contributed by atoms with Crippen LogP contribution in [-0.4, -0.2) is 24.5 Å². The highest BCUT2D eigenvalue weighted by Crippen LogP contribution is 2.16. The average molecular weight is 342 g/mol. The number of ether oxygens (including phenoxy) is 1.